The van der Waals surface area contributed by atoms with Crippen LogP contribution >= 0.6 is 12.4 Å². The van der Waals surface area contributed by atoms with Crippen molar-refractivity contribution in [3.63, 3.8) is 0 Å². The molecule has 2 N–H and O–H groups in total. The number of nitrogens with zero attached hydrogens (tertiary/aromatic N) is 1. The molecule has 0 aromatic heterocycles. The molecule has 1 aliphatic heterocycles. The molecule has 1 fully saturated rings. The zero-order valence-electron chi connectivity index (χ0n) is 13.3. The third-order valence-corrected chi connectivity index (χ3v) is 4.32. The van der Waals surface area contributed by atoms with Gasteiger partial charge in [-0.3, -0.25) is 4.79 Å². The number of piperidine rings is 1. The first-order chi connectivity index (χ1) is 9.49. The number of aryl methyl sites for hydroxylation is 2. The molecule has 1 aromatic rings. The van der Waals surface area contributed by atoms with Gasteiger partial charge in [-0.1, -0.05) is 23.8 Å². The van der Waals surface area contributed by atoms with Crippen LogP contribution in [0, 0.1) is 13.8 Å². The minimum absolute atomic E-state index is 0. The van der Waals surface area contributed by atoms with E-state index in [4.69, 9.17) is 5.73 Å². The van der Waals surface area contributed by atoms with Gasteiger partial charge in [0, 0.05) is 18.6 Å². The van der Waals surface area contributed by atoms with E-state index in [0.29, 0.717) is 6.42 Å². The van der Waals surface area contributed by atoms with E-state index in [2.05, 4.69) is 32.0 Å². The van der Waals surface area contributed by atoms with E-state index in [1.807, 2.05) is 11.8 Å². The van der Waals surface area contributed by atoms with Gasteiger partial charge in [-0.15, -0.1) is 12.4 Å². The average molecular weight is 311 g/mol. The average Bonchev–Trinajstić information content (AvgIpc) is 2.42. The number of hydrogen-bond donors (Lipinski definition) is 1. The second-order valence-corrected chi connectivity index (χ2v) is 6.12. The third kappa shape index (κ3) is 4.45. The zero-order valence-corrected chi connectivity index (χ0v) is 14.1. The van der Waals surface area contributed by atoms with Gasteiger partial charge in [0.2, 0.25) is 5.91 Å². The van der Waals surface area contributed by atoms with Crippen molar-refractivity contribution in [1.29, 1.82) is 0 Å². The van der Waals surface area contributed by atoms with Crippen molar-refractivity contribution in [2.24, 2.45) is 5.73 Å². The SMILES string of the molecule is Cc1ccc(C)c(CC(=O)N2CCCCC2C(C)N)c1.Cl. The molecule has 2 rings (SSSR count). The van der Waals surface area contributed by atoms with Crippen LogP contribution in [0.25, 0.3) is 0 Å². The summed E-state index contributed by atoms with van der Waals surface area (Å²) in [6, 6.07) is 6.57. The van der Waals surface area contributed by atoms with Gasteiger partial charge in [0.1, 0.15) is 0 Å². The van der Waals surface area contributed by atoms with Crippen molar-refractivity contribution in [1.82, 2.24) is 4.90 Å². The quantitative estimate of drug-likeness (QED) is 0.933. The van der Waals surface area contributed by atoms with Crippen LogP contribution in [-0.4, -0.2) is 29.4 Å². The van der Waals surface area contributed by atoms with Gasteiger partial charge in [-0.05, 0) is 51.2 Å². The Morgan fingerprint density at radius 3 is 2.76 bits per heavy atom. The van der Waals surface area contributed by atoms with E-state index in [9.17, 15) is 4.79 Å². The smallest absolute Gasteiger partial charge is 0.227 e. The number of benzene rings is 1. The molecule has 1 amide bonds. The highest BCUT2D eigenvalue weighted by atomic mass is 35.5. The minimum Gasteiger partial charge on any atom is -0.338 e. The maximum absolute atomic E-state index is 12.6. The molecule has 118 valence electrons. The summed E-state index contributed by atoms with van der Waals surface area (Å²) >= 11 is 0. The van der Waals surface area contributed by atoms with Gasteiger partial charge >= 0.3 is 0 Å². The molecule has 0 bridgehead atoms. The normalized spacial score (nSPS) is 19.8. The number of rotatable bonds is 3. The second-order valence-electron chi connectivity index (χ2n) is 6.12. The van der Waals surface area contributed by atoms with E-state index in [1.54, 1.807) is 0 Å². The van der Waals surface area contributed by atoms with Gasteiger partial charge < -0.3 is 10.6 Å². The number of likely N-dealkylation sites (tertiary alicyclic amines) is 1. The van der Waals surface area contributed by atoms with Crippen molar-refractivity contribution < 1.29 is 4.79 Å². The monoisotopic (exact) mass is 310 g/mol. The summed E-state index contributed by atoms with van der Waals surface area (Å²) < 4.78 is 0. The first-order valence-electron chi connectivity index (χ1n) is 7.60. The summed E-state index contributed by atoms with van der Waals surface area (Å²) in [5.41, 5.74) is 9.59. The first-order valence-corrected chi connectivity index (χ1v) is 7.60. The molecular formula is C17H27ClN2O. The van der Waals surface area contributed by atoms with Gasteiger partial charge in [-0.25, -0.2) is 0 Å². The number of carbonyl (C=O) groups is 1. The number of hydrogen-bond acceptors (Lipinski definition) is 2. The first kappa shape index (κ1) is 18.0. The zero-order chi connectivity index (χ0) is 14.7. The molecule has 0 spiro atoms. The second kappa shape index (κ2) is 7.81. The molecular weight excluding hydrogens is 284 g/mol. The molecule has 21 heavy (non-hydrogen) atoms. The minimum atomic E-state index is 0. The lowest BCUT2D eigenvalue weighted by atomic mass is 9.95. The van der Waals surface area contributed by atoms with Crippen LogP contribution < -0.4 is 5.73 Å². The fraction of sp³-hybridized carbons (Fsp3) is 0.588. The van der Waals surface area contributed by atoms with Crippen LogP contribution in [0.15, 0.2) is 18.2 Å². The number of nitrogens with two attached hydrogens (primary N) is 1. The lowest BCUT2D eigenvalue weighted by molar-refractivity contribution is -0.134. The Balaban J connectivity index is 0.00000220. The highest BCUT2D eigenvalue weighted by molar-refractivity contribution is 5.85. The summed E-state index contributed by atoms with van der Waals surface area (Å²) in [5.74, 6) is 0.223. The molecule has 2 atom stereocenters. The van der Waals surface area contributed by atoms with Crippen molar-refractivity contribution >= 4 is 18.3 Å². The van der Waals surface area contributed by atoms with Crippen LogP contribution in [-0.2, 0) is 11.2 Å². The lowest BCUT2D eigenvalue weighted by Crippen LogP contribution is -2.52. The molecule has 2 unspecified atom stereocenters. The van der Waals surface area contributed by atoms with E-state index >= 15 is 0 Å². The summed E-state index contributed by atoms with van der Waals surface area (Å²) in [4.78, 5) is 14.6. The van der Waals surface area contributed by atoms with Crippen molar-refractivity contribution in [2.45, 2.75) is 58.5 Å². The van der Waals surface area contributed by atoms with Gasteiger partial charge in [0.25, 0.3) is 0 Å². The standard InChI is InChI=1S/C17H26N2O.ClH/c1-12-7-8-13(2)15(10-12)11-17(20)19-9-5-4-6-16(19)14(3)18;/h7-8,10,14,16H,4-6,9,11,18H2,1-3H3;1H. The number of amides is 1. The van der Waals surface area contributed by atoms with Gasteiger partial charge in [0.15, 0.2) is 0 Å². The molecule has 0 radical (unpaired) electrons. The Hall–Kier alpha value is -1.06. The topological polar surface area (TPSA) is 46.3 Å². The van der Waals surface area contributed by atoms with Crippen LogP contribution in [0.3, 0.4) is 0 Å². The highest BCUT2D eigenvalue weighted by Crippen LogP contribution is 2.21. The van der Waals surface area contributed by atoms with Crippen molar-refractivity contribution in [2.75, 3.05) is 6.54 Å². The summed E-state index contributed by atoms with van der Waals surface area (Å²) in [6.45, 7) is 7.00. The van der Waals surface area contributed by atoms with Gasteiger partial charge in [0.05, 0.1) is 6.42 Å². The fourth-order valence-corrected chi connectivity index (χ4v) is 3.07. The summed E-state index contributed by atoms with van der Waals surface area (Å²) in [6.07, 6.45) is 3.81. The largest absolute Gasteiger partial charge is 0.338 e. The van der Waals surface area contributed by atoms with E-state index in [1.165, 1.54) is 17.5 Å². The summed E-state index contributed by atoms with van der Waals surface area (Å²) in [7, 11) is 0. The van der Waals surface area contributed by atoms with Crippen LogP contribution in [0.5, 0.6) is 0 Å². The maximum Gasteiger partial charge on any atom is 0.227 e. The Labute approximate surface area is 134 Å². The Bertz CT molecular complexity index is 488. The molecule has 1 heterocycles. The van der Waals surface area contributed by atoms with Crippen LogP contribution in [0.1, 0.15) is 42.9 Å². The van der Waals surface area contributed by atoms with Crippen molar-refractivity contribution in [3.8, 4) is 0 Å². The predicted octanol–water partition coefficient (Wildman–Crippen LogP) is 3.00. The third-order valence-electron chi connectivity index (χ3n) is 4.32. The maximum atomic E-state index is 12.6. The Kier molecular flexibility index (Phi) is 6.69. The number of carbonyl (C=O) groups excluding carboxylic acids is 1. The molecule has 1 aliphatic rings. The summed E-state index contributed by atoms with van der Waals surface area (Å²) in [5, 5.41) is 0. The molecule has 0 saturated carbocycles. The van der Waals surface area contributed by atoms with E-state index < -0.39 is 0 Å². The molecule has 1 saturated heterocycles. The molecule has 4 heteroatoms. The molecule has 0 aliphatic carbocycles. The van der Waals surface area contributed by atoms with E-state index in [-0.39, 0.29) is 30.4 Å². The molecule has 1 aromatic carbocycles. The van der Waals surface area contributed by atoms with E-state index in [0.717, 1.165) is 24.9 Å². The number of halogens is 1. The molecule has 3 nitrogen and oxygen atoms in total. The lowest BCUT2D eigenvalue weighted by Gasteiger charge is -2.38. The Morgan fingerprint density at radius 1 is 1.38 bits per heavy atom. The van der Waals surface area contributed by atoms with Crippen molar-refractivity contribution in [3.05, 3.63) is 34.9 Å². The highest BCUT2D eigenvalue weighted by Gasteiger charge is 2.29. The fourth-order valence-electron chi connectivity index (χ4n) is 3.07. The van der Waals surface area contributed by atoms with Crippen LogP contribution in [0.2, 0.25) is 0 Å². The predicted molar refractivity (Wildman–Crippen MR) is 89.9 cm³/mol. The van der Waals surface area contributed by atoms with Gasteiger partial charge in [-0.2, -0.15) is 0 Å². The van der Waals surface area contributed by atoms with Crippen LogP contribution in [0.4, 0.5) is 0 Å². The Morgan fingerprint density at radius 2 is 2.10 bits per heavy atom.